The van der Waals surface area contributed by atoms with Crippen molar-refractivity contribution in [3.05, 3.63) is 0 Å². The Hall–Kier alpha value is -2.54. The van der Waals surface area contributed by atoms with Gasteiger partial charge in [0.1, 0.15) is 26.4 Å². The van der Waals surface area contributed by atoms with Crippen molar-refractivity contribution in [3.8, 4) is 0 Å². The molecule has 2 aliphatic rings. The summed E-state index contributed by atoms with van der Waals surface area (Å²) in [5, 5.41) is 0. The van der Waals surface area contributed by atoms with E-state index in [1.54, 1.807) is 64.8 Å². The molecule has 0 bridgehead atoms. The van der Waals surface area contributed by atoms with Crippen LogP contribution in [0.25, 0.3) is 0 Å². The Morgan fingerprint density at radius 2 is 0.385 bits per heavy atom. The first kappa shape index (κ1) is 116. The largest absolute Gasteiger partial charge is 0.466 e. The molecule has 0 saturated carbocycles. The van der Waals surface area contributed by atoms with Crippen LogP contribution in [0.4, 0.5) is 0 Å². The molecule has 0 aromatic rings. The van der Waals surface area contributed by atoms with Crippen molar-refractivity contribution < 1.29 is 124 Å². The Balaban J connectivity index is 1.34. The van der Waals surface area contributed by atoms with E-state index in [9.17, 15) is 38.4 Å². The smallest absolute Gasteiger partial charge is 0.306 e. The molecule has 0 aromatic carbocycles. The first-order valence-corrected chi connectivity index (χ1v) is 53.2. The zero-order valence-corrected chi connectivity index (χ0v) is 81.4. The van der Waals surface area contributed by atoms with Gasteiger partial charge in [-0.05, 0) is 60.2 Å². The normalized spacial score (nSPS) is 15.2. The first-order valence-electron chi connectivity index (χ1n) is 45.7. The molecule has 0 spiro atoms. The fraction of sp³-hybridized carbons (Fsp3) is 0.911. The highest BCUT2D eigenvalue weighted by molar-refractivity contribution is 8.78. The molecule has 0 N–H and O–H groups in total. The van der Waals surface area contributed by atoms with E-state index in [4.69, 9.17) is 85.3 Å². The predicted octanol–water partition coefficient (Wildman–Crippen LogP) is 17.7. The van der Waals surface area contributed by atoms with Gasteiger partial charge in [-0.3, -0.25) is 38.4 Å². The summed E-state index contributed by atoms with van der Waals surface area (Å²) in [6.45, 7) is 31.1. The van der Waals surface area contributed by atoms with E-state index in [1.807, 2.05) is 0 Å². The first-order chi connectivity index (χ1) is 59.0. The maximum Gasteiger partial charge on any atom is 0.306 e. The summed E-state index contributed by atoms with van der Waals surface area (Å²) >= 11 is 0. The molecule has 32 heteroatoms. The Kier molecular flexibility index (Phi) is 75.2. The molecule has 2 aliphatic heterocycles. The van der Waals surface area contributed by atoms with Crippen molar-refractivity contribution in [2.45, 2.75) is 249 Å². The maximum absolute atomic E-state index is 12.8. The zero-order chi connectivity index (χ0) is 89.0. The lowest BCUT2D eigenvalue weighted by Gasteiger charge is -2.28. The van der Waals surface area contributed by atoms with Gasteiger partial charge in [0.15, 0.2) is 0 Å². The van der Waals surface area contributed by atoms with Gasteiger partial charge in [0, 0.05) is 45.3 Å². The topological polar surface area (TPSA) is 303 Å². The van der Waals surface area contributed by atoms with Gasteiger partial charge in [0.25, 0.3) is 0 Å². The van der Waals surface area contributed by atoms with Crippen molar-refractivity contribution in [2.75, 3.05) is 220 Å². The standard InChI is InChI=1S/C90H162O26S6/c1-73(2)17-11-19-75(5)21-13-23-77(7)25-15-27-79(9)37-39-109-81(91)29-31-83(93)111-61-57-105-53-49-101-45-41-99-43-47-103-51-55-107-59-63-113-85(95)33-35-87(97)115-65-89(67-117-118-68-89)71-121-122-72-90(69-119-120-70-90)66-116-88(98)36-34-86(96)114-64-60-108-56-52-104-48-44-100-42-46-102-50-54-106-58-62-112-84(94)32-30-82(92)110-40-38-80(10)28-16-26-78(8)24-14-22-76(6)20-12-18-74(3)4/h73-80H,11-72H2,1-10H3. The van der Waals surface area contributed by atoms with Gasteiger partial charge >= 0.3 is 47.8 Å². The molecular weight excluding hydrogens is 1690 g/mol. The third kappa shape index (κ3) is 72.3. The van der Waals surface area contributed by atoms with Crippen LogP contribution >= 0.6 is 64.8 Å². The molecule has 0 amide bonds. The van der Waals surface area contributed by atoms with Gasteiger partial charge < -0.3 is 85.3 Å². The second-order valence-electron chi connectivity index (χ2n) is 33.9. The van der Waals surface area contributed by atoms with Crippen LogP contribution in [0, 0.1) is 58.2 Å². The van der Waals surface area contributed by atoms with Gasteiger partial charge in [-0.1, -0.05) is 250 Å². The highest BCUT2D eigenvalue weighted by atomic mass is 33.1. The van der Waals surface area contributed by atoms with Gasteiger partial charge in [-0.15, -0.1) is 0 Å². The average molecular weight is 1850 g/mol. The molecule has 714 valence electrons. The van der Waals surface area contributed by atoms with Crippen LogP contribution in [0.15, 0.2) is 0 Å². The van der Waals surface area contributed by atoms with Crippen molar-refractivity contribution in [2.24, 2.45) is 58.2 Å². The van der Waals surface area contributed by atoms with Crippen LogP contribution in [-0.2, 0) is 124 Å². The van der Waals surface area contributed by atoms with Crippen molar-refractivity contribution in [1.29, 1.82) is 0 Å². The number of esters is 8. The van der Waals surface area contributed by atoms with Crippen molar-refractivity contribution >= 4 is 113 Å². The van der Waals surface area contributed by atoms with Crippen molar-refractivity contribution in [3.63, 3.8) is 0 Å². The fourth-order valence-corrected chi connectivity index (χ4v) is 23.3. The summed E-state index contributed by atoms with van der Waals surface area (Å²) in [5.74, 6) is 6.91. The van der Waals surface area contributed by atoms with E-state index >= 15 is 0 Å². The van der Waals surface area contributed by atoms with E-state index in [-0.39, 0.29) is 140 Å². The molecule has 6 unspecified atom stereocenters. The minimum Gasteiger partial charge on any atom is -0.466 e. The van der Waals surface area contributed by atoms with E-state index in [0.29, 0.717) is 131 Å². The SMILES string of the molecule is CC(C)CCCC(C)CCCC(C)CCCC(C)CCOC(=O)CCC(=O)OCCOCCOCCOCCOCCOCCOC(=O)CCC(=O)OCC1(CSSCC2(COC(=O)CCC(=O)OCCOCCOCCOCCOCCOCCOC(=O)CCC(=O)OCCC(C)CCCC(C)CCCC(C)CCCC(C)C)CSSC2)CSSC1. The molecule has 0 radical (unpaired) electrons. The molecular formula is C90H162O26S6. The number of carbonyl (C=O) groups excluding carboxylic acids is 8. The minimum atomic E-state index is -0.512. The Labute approximate surface area is 757 Å². The number of rotatable bonds is 87. The van der Waals surface area contributed by atoms with E-state index in [0.717, 1.165) is 95.7 Å². The second-order valence-corrected chi connectivity index (χ2v) is 41.3. The summed E-state index contributed by atoms with van der Waals surface area (Å²) in [6, 6.07) is 0. The lowest BCUT2D eigenvalue weighted by Crippen LogP contribution is -2.34. The Morgan fingerprint density at radius 1 is 0.221 bits per heavy atom. The van der Waals surface area contributed by atoms with Crippen LogP contribution in [0.3, 0.4) is 0 Å². The number of carbonyl (C=O) groups is 8. The number of hydrogen-bond acceptors (Lipinski definition) is 32. The third-order valence-electron chi connectivity index (χ3n) is 20.9. The molecule has 0 aliphatic carbocycles. The number of ether oxygens (including phenoxy) is 18. The Morgan fingerprint density at radius 3 is 0.582 bits per heavy atom. The molecule has 0 aromatic heterocycles. The second kappa shape index (κ2) is 79.4. The quantitative estimate of drug-likeness (QED) is 0.0236. The van der Waals surface area contributed by atoms with Crippen LogP contribution in [0.5, 0.6) is 0 Å². The monoisotopic (exact) mass is 1850 g/mol. The highest BCUT2D eigenvalue weighted by Crippen LogP contribution is 2.50. The van der Waals surface area contributed by atoms with Crippen LogP contribution in [0.2, 0.25) is 0 Å². The Bertz CT molecular complexity index is 2420. The van der Waals surface area contributed by atoms with Crippen LogP contribution in [-0.4, -0.2) is 267 Å². The third-order valence-corrected chi connectivity index (χ3v) is 29.4. The van der Waals surface area contributed by atoms with Gasteiger partial charge in [-0.25, -0.2) is 0 Å². The number of hydrogen-bond donors (Lipinski definition) is 0. The molecule has 2 heterocycles. The molecule has 122 heavy (non-hydrogen) atoms. The molecule has 2 saturated heterocycles. The summed E-state index contributed by atoms with van der Waals surface area (Å²) in [5.41, 5.74) is -0.445. The van der Waals surface area contributed by atoms with E-state index in [2.05, 4.69) is 69.2 Å². The zero-order valence-electron chi connectivity index (χ0n) is 76.5. The van der Waals surface area contributed by atoms with E-state index < -0.39 is 35.8 Å². The molecule has 6 atom stereocenters. The lowest BCUT2D eigenvalue weighted by atomic mass is 9.91. The summed E-state index contributed by atoms with van der Waals surface area (Å²) in [6.07, 6.45) is 24.3. The summed E-state index contributed by atoms with van der Waals surface area (Å²) in [4.78, 5) is 98.9. The summed E-state index contributed by atoms with van der Waals surface area (Å²) < 4.78 is 98.2. The van der Waals surface area contributed by atoms with Gasteiger partial charge in [0.05, 0.1) is 210 Å². The molecule has 2 fully saturated rings. The van der Waals surface area contributed by atoms with Crippen LogP contribution < -0.4 is 0 Å². The van der Waals surface area contributed by atoms with Gasteiger partial charge in [0.2, 0.25) is 0 Å². The molecule has 2 rings (SSSR count). The molecule has 26 nitrogen and oxygen atoms in total. The minimum absolute atomic E-state index is 0.00426. The predicted molar refractivity (Wildman–Crippen MR) is 489 cm³/mol. The van der Waals surface area contributed by atoms with Gasteiger partial charge in [-0.2, -0.15) is 0 Å². The average Bonchev–Trinajstić information content (AvgIpc) is 1.70. The highest BCUT2D eigenvalue weighted by Gasteiger charge is 2.40. The van der Waals surface area contributed by atoms with E-state index in [1.165, 1.54) is 103 Å². The van der Waals surface area contributed by atoms with Crippen molar-refractivity contribution in [1.82, 2.24) is 0 Å². The van der Waals surface area contributed by atoms with Crippen LogP contribution in [0.1, 0.15) is 249 Å². The maximum atomic E-state index is 12.8. The summed E-state index contributed by atoms with van der Waals surface area (Å²) in [7, 11) is 10.5. The fourth-order valence-electron chi connectivity index (χ4n) is 12.8. The lowest BCUT2D eigenvalue weighted by molar-refractivity contribution is -0.152.